The summed E-state index contributed by atoms with van der Waals surface area (Å²) < 4.78 is 5.05. The van der Waals surface area contributed by atoms with Crippen LogP contribution in [0.4, 0.5) is 0 Å². The van der Waals surface area contributed by atoms with Crippen molar-refractivity contribution in [1.29, 1.82) is 0 Å². The number of ether oxygens (including phenoxy) is 1. The zero-order valence-electron chi connectivity index (χ0n) is 16.5. The van der Waals surface area contributed by atoms with Crippen molar-refractivity contribution < 1.29 is 19.1 Å². The highest BCUT2D eigenvalue weighted by molar-refractivity contribution is 6.06. The van der Waals surface area contributed by atoms with Crippen molar-refractivity contribution >= 4 is 17.7 Å². The van der Waals surface area contributed by atoms with E-state index in [0.717, 1.165) is 25.7 Å². The summed E-state index contributed by atoms with van der Waals surface area (Å²) in [5, 5.41) is 0. The Morgan fingerprint density at radius 3 is 2.38 bits per heavy atom. The Morgan fingerprint density at radius 1 is 1.23 bits per heavy atom. The van der Waals surface area contributed by atoms with Crippen LogP contribution >= 0.6 is 0 Å². The number of hydrogen-bond acceptors (Lipinski definition) is 4. The first-order chi connectivity index (χ1) is 12.3. The van der Waals surface area contributed by atoms with Gasteiger partial charge in [-0.05, 0) is 52.5 Å². The van der Waals surface area contributed by atoms with Crippen LogP contribution in [0.25, 0.3) is 0 Å². The van der Waals surface area contributed by atoms with Gasteiger partial charge in [-0.25, -0.2) is 4.79 Å². The predicted molar refractivity (Wildman–Crippen MR) is 99.4 cm³/mol. The first-order valence-electron chi connectivity index (χ1n) is 9.54. The molecule has 1 heterocycles. The van der Waals surface area contributed by atoms with E-state index in [-0.39, 0.29) is 24.2 Å². The fourth-order valence-corrected chi connectivity index (χ4v) is 3.50. The van der Waals surface area contributed by atoms with E-state index in [2.05, 4.69) is 4.98 Å². The van der Waals surface area contributed by atoms with Gasteiger partial charge in [0.2, 0.25) is 5.91 Å². The number of aromatic amines is 1. The predicted octanol–water partition coefficient (Wildman–Crippen LogP) is 3.42. The molecule has 0 aromatic carbocycles. The first-order valence-corrected chi connectivity index (χ1v) is 9.54. The normalized spacial score (nSPS) is 15.3. The zero-order chi connectivity index (χ0) is 19.4. The number of nitrogens with one attached hydrogen (secondary N) is 1. The topological polar surface area (TPSA) is 79.5 Å². The van der Waals surface area contributed by atoms with Gasteiger partial charge in [0.25, 0.3) is 0 Å². The minimum Gasteiger partial charge on any atom is -0.461 e. The van der Waals surface area contributed by atoms with Crippen molar-refractivity contribution in [3.63, 3.8) is 0 Å². The summed E-state index contributed by atoms with van der Waals surface area (Å²) >= 11 is 0. The summed E-state index contributed by atoms with van der Waals surface area (Å²) in [4.78, 5) is 42.7. The molecule has 1 unspecified atom stereocenters. The maximum atomic E-state index is 13.2. The smallest absolute Gasteiger partial charge is 0.355 e. The van der Waals surface area contributed by atoms with Gasteiger partial charge in [-0.3, -0.25) is 9.59 Å². The van der Waals surface area contributed by atoms with E-state index in [1.165, 1.54) is 0 Å². The van der Waals surface area contributed by atoms with Crippen LogP contribution in [-0.4, -0.2) is 46.7 Å². The third-order valence-electron chi connectivity index (χ3n) is 5.21. The van der Waals surface area contributed by atoms with E-state index in [9.17, 15) is 14.4 Å². The summed E-state index contributed by atoms with van der Waals surface area (Å²) in [6.07, 6.45) is 3.71. The number of hydrogen-bond donors (Lipinski definition) is 1. The van der Waals surface area contributed by atoms with Gasteiger partial charge in [0.15, 0.2) is 5.78 Å². The summed E-state index contributed by atoms with van der Waals surface area (Å²) in [5.41, 5.74) is 2.02. The molecule has 1 aliphatic carbocycles. The molecule has 0 saturated heterocycles. The van der Waals surface area contributed by atoms with E-state index >= 15 is 0 Å². The van der Waals surface area contributed by atoms with Crippen molar-refractivity contribution in [2.45, 2.75) is 66.3 Å². The average molecular weight is 362 g/mol. The number of aryl methyl sites for hydroxylation is 1. The molecule has 2 rings (SSSR count). The molecule has 1 atom stereocenters. The Hall–Kier alpha value is -2.11. The number of carbonyl (C=O) groups excluding carboxylic acids is 3. The number of ketones is 1. The van der Waals surface area contributed by atoms with Crippen LogP contribution in [0.3, 0.4) is 0 Å². The monoisotopic (exact) mass is 362 g/mol. The zero-order valence-corrected chi connectivity index (χ0v) is 16.5. The number of nitrogens with zero attached hydrogens (tertiary/aromatic N) is 1. The second-order valence-corrected chi connectivity index (χ2v) is 7.05. The third kappa shape index (κ3) is 3.84. The van der Waals surface area contributed by atoms with Crippen molar-refractivity contribution in [3.05, 3.63) is 22.5 Å². The minimum absolute atomic E-state index is 0.0558. The Kier molecular flexibility index (Phi) is 6.62. The van der Waals surface area contributed by atoms with Crippen molar-refractivity contribution in [2.24, 2.45) is 5.92 Å². The maximum absolute atomic E-state index is 13.2. The lowest BCUT2D eigenvalue weighted by Gasteiger charge is -2.35. The molecule has 1 aliphatic rings. The molecule has 6 nitrogen and oxygen atoms in total. The van der Waals surface area contributed by atoms with Crippen LogP contribution in [0.5, 0.6) is 0 Å². The van der Waals surface area contributed by atoms with E-state index < -0.39 is 12.0 Å². The number of esters is 1. The van der Waals surface area contributed by atoms with E-state index in [0.29, 0.717) is 29.1 Å². The van der Waals surface area contributed by atoms with Gasteiger partial charge in [-0.15, -0.1) is 0 Å². The molecule has 1 amide bonds. The van der Waals surface area contributed by atoms with Crippen LogP contribution in [-0.2, 0) is 9.53 Å². The molecule has 1 aromatic heterocycles. The Bertz CT molecular complexity index is 688. The Morgan fingerprint density at radius 2 is 1.88 bits per heavy atom. The first kappa shape index (κ1) is 20.2. The number of Topliss-reactive ketones (excluding diaryl/α,β-unsaturated/α-hetero) is 1. The molecule has 144 valence electrons. The molecular weight excluding hydrogens is 332 g/mol. The van der Waals surface area contributed by atoms with Gasteiger partial charge < -0.3 is 14.6 Å². The van der Waals surface area contributed by atoms with Gasteiger partial charge >= 0.3 is 5.97 Å². The molecule has 1 fully saturated rings. The van der Waals surface area contributed by atoms with Gasteiger partial charge in [0, 0.05) is 23.7 Å². The molecule has 1 saturated carbocycles. The highest BCUT2D eigenvalue weighted by Gasteiger charge is 2.35. The van der Waals surface area contributed by atoms with Crippen LogP contribution in [0.1, 0.15) is 78.6 Å². The summed E-state index contributed by atoms with van der Waals surface area (Å²) in [6.45, 7) is 9.88. The molecule has 1 N–H and O–H groups in total. The van der Waals surface area contributed by atoms with Gasteiger partial charge in [0.05, 0.1) is 12.6 Å². The Labute approximate surface area is 155 Å². The van der Waals surface area contributed by atoms with E-state index in [1.54, 1.807) is 32.6 Å². The number of carbonyl (C=O) groups is 3. The largest absolute Gasteiger partial charge is 0.461 e. The van der Waals surface area contributed by atoms with Crippen LogP contribution in [0.15, 0.2) is 0 Å². The van der Waals surface area contributed by atoms with Crippen molar-refractivity contribution in [2.75, 3.05) is 13.2 Å². The number of H-pyrrole nitrogens is 1. The highest BCUT2D eigenvalue weighted by atomic mass is 16.5. The molecule has 6 heteroatoms. The number of aromatic nitrogens is 1. The lowest BCUT2D eigenvalue weighted by atomic mass is 9.83. The lowest BCUT2D eigenvalue weighted by Crippen LogP contribution is -2.47. The SMILES string of the molecule is CCCN(C(=O)C1CCC1)C(C)C(=O)c1c(C)[nH]c(C(=O)OCC)c1C. The molecule has 26 heavy (non-hydrogen) atoms. The third-order valence-corrected chi connectivity index (χ3v) is 5.21. The molecule has 0 spiro atoms. The lowest BCUT2D eigenvalue weighted by molar-refractivity contribution is -0.139. The van der Waals surface area contributed by atoms with E-state index in [4.69, 9.17) is 4.74 Å². The number of rotatable bonds is 8. The molecule has 0 radical (unpaired) electrons. The van der Waals surface area contributed by atoms with Crippen molar-refractivity contribution in [1.82, 2.24) is 9.88 Å². The highest BCUT2D eigenvalue weighted by Crippen LogP contribution is 2.30. The molecule has 0 bridgehead atoms. The van der Waals surface area contributed by atoms with Gasteiger partial charge in [-0.2, -0.15) is 0 Å². The Balaban J connectivity index is 2.28. The quantitative estimate of drug-likeness (QED) is 0.568. The molecular formula is C20H30N2O4. The molecule has 0 aliphatic heterocycles. The van der Waals surface area contributed by atoms with Crippen LogP contribution in [0.2, 0.25) is 0 Å². The minimum atomic E-state index is -0.550. The number of amides is 1. The van der Waals surface area contributed by atoms with E-state index in [1.807, 2.05) is 6.92 Å². The fraction of sp³-hybridized carbons (Fsp3) is 0.650. The van der Waals surface area contributed by atoms with Gasteiger partial charge in [0.1, 0.15) is 5.69 Å². The second kappa shape index (κ2) is 8.52. The summed E-state index contributed by atoms with van der Waals surface area (Å²) in [5.74, 6) is -0.459. The standard InChI is InChI=1S/C20H30N2O4/c1-6-11-22(19(24)15-9-8-10-15)14(5)18(23)16-12(3)17(21-13(16)4)20(25)26-7-2/h14-15,21H,6-11H2,1-5H3. The van der Waals surface area contributed by atoms with Crippen LogP contribution in [0, 0.1) is 19.8 Å². The fourth-order valence-electron chi connectivity index (χ4n) is 3.50. The maximum Gasteiger partial charge on any atom is 0.355 e. The summed E-state index contributed by atoms with van der Waals surface area (Å²) in [6, 6.07) is -0.550. The van der Waals surface area contributed by atoms with Crippen molar-refractivity contribution in [3.8, 4) is 0 Å². The average Bonchev–Trinajstić information content (AvgIpc) is 2.84. The van der Waals surface area contributed by atoms with Gasteiger partial charge in [-0.1, -0.05) is 13.3 Å². The summed E-state index contributed by atoms with van der Waals surface area (Å²) in [7, 11) is 0. The second-order valence-electron chi connectivity index (χ2n) is 7.05. The van der Waals surface area contributed by atoms with Crippen LogP contribution < -0.4 is 0 Å². The molecule has 1 aromatic rings.